The van der Waals surface area contributed by atoms with Crippen molar-refractivity contribution in [2.24, 2.45) is 0 Å². The molecule has 1 amide bonds. The number of aliphatic hydroxyl groups is 1. The van der Waals surface area contributed by atoms with Crippen LogP contribution in [0.2, 0.25) is 0 Å². The van der Waals surface area contributed by atoms with E-state index in [-0.39, 0.29) is 23.0 Å². The number of carbonyl (C=O) groups excluding carboxylic acids is 1. The minimum absolute atomic E-state index is 0.0401. The number of hydrogen-bond acceptors (Lipinski definition) is 4. The molecule has 1 heterocycles. The highest BCUT2D eigenvalue weighted by molar-refractivity contribution is 8.01. The fourth-order valence-corrected chi connectivity index (χ4v) is 2.17. The standard InChI is InChI=1S/C11H17NO3S/c1-8(7-13)16-9(2)11(14)12-6-10-4-3-5-15-10/h3-5,8-9,13H,6-7H2,1-2H3,(H,12,14). The minimum atomic E-state index is -0.169. The van der Waals surface area contributed by atoms with Crippen LogP contribution >= 0.6 is 11.8 Å². The van der Waals surface area contributed by atoms with Gasteiger partial charge in [0.05, 0.1) is 24.7 Å². The summed E-state index contributed by atoms with van der Waals surface area (Å²) in [5, 5.41) is 11.6. The third kappa shape index (κ3) is 4.28. The van der Waals surface area contributed by atoms with Gasteiger partial charge in [-0.2, -0.15) is 0 Å². The normalized spacial score (nSPS) is 14.4. The van der Waals surface area contributed by atoms with Crippen LogP contribution in [-0.2, 0) is 11.3 Å². The quantitative estimate of drug-likeness (QED) is 0.792. The lowest BCUT2D eigenvalue weighted by Gasteiger charge is -2.14. The van der Waals surface area contributed by atoms with E-state index in [4.69, 9.17) is 9.52 Å². The maximum absolute atomic E-state index is 11.6. The molecule has 2 N–H and O–H groups in total. The number of amides is 1. The third-order valence-electron chi connectivity index (χ3n) is 2.08. The fraction of sp³-hybridized carbons (Fsp3) is 0.545. The lowest BCUT2D eigenvalue weighted by Crippen LogP contribution is -2.31. The van der Waals surface area contributed by atoms with Gasteiger partial charge in [-0.1, -0.05) is 6.92 Å². The van der Waals surface area contributed by atoms with Gasteiger partial charge in [0.15, 0.2) is 0 Å². The largest absolute Gasteiger partial charge is 0.467 e. The molecule has 16 heavy (non-hydrogen) atoms. The molecule has 0 aromatic carbocycles. The molecule has 4 nitrogen and oxygen atoms in total. The molecular formula is C11H17NO3S. The Hall–Kier alpha value is -0.940. The molecule has 0 saturated carbocycles. The van der Waals surface area contributed by atoms with Crippen LogP contribution in [0, 0.1) is 0 Å². The SMILES string of the molecule is CC(CO)SC(C)C(=O)NCc1ccco1. The first-order valence-corrected chi connectivity index (χ1v) is 6.14. The van der Waals surface area contributed by atoms with Crippen LogP contribution in [0.1, 0.15) is 19.6 Å². The van der Waals surface area contributed by atoms with Gasteiger partial charge in [0.2, 0.25) is 5.91 Å². The highest BCUT2D eigenvalue weighted by Gasteiger charge is 2.16. The van der Waals surface area contributed by atoms with Gasteiger partial charge in [-0.05, 0) is 19.1 Å². The first-order valence-electron chi connectivity index (χ1n) is 5.20. The summed E-state index contributed by atoms with van der Waals surface area (Å²) in [6.07, 6.45) is 1.58. The van der Waals surface area contributed by atoms with E-state index >= 15 is 0 Å². The molecule has 90 valence electrons. The predicted molar refractivity (Wildman–Crippen MR) is 64.2 cm³/mol. The van der Waals surface area contributed by atoms with Gasteiger partial charge in [0.1, 0.15) is 5.76 Å². The monoisotopic (exact) mass is 243 g/mol. The van der Waals surface area contributed by atoms with Crippen molar-refractivity contribution in [3.63, 3.8) is 0 Å². The Kier molecular flexibility index (Phi) is 5.42. The zero-order valence-electron chi connectivity index (χ0n) is 9.47. The Morgan fingerprint density at radius 3 is 2.94 bits per heavy atom. The molecule has 0 radical (unpaired) electrons. The Labute approximate surface area is 99.4 Å². The van der Waals surface area contributed by atoms with Crippen LogP contribution in [-0.4, -0.2) is 28.1 Å². The lowest BCUT2D eigenvalue weighted by atomic mass is 10.4. The number of hydrogen-bond donors (Lipinski definition) is 2. The average molecular weight is 243 g/mol. The highest BCUT2D eigenvalue weighted by atomic mass is 32.2. The predicted octanol–water partition coefficient (Wildman–Crippen LogP) is 1.40. The number of furan rings is 1. The first kappa shape index (κ1) is 13.1. The van der Waals surface area contributed by atoms with E-state index in [1.54, 1.807) is 12.3 Å². The second-order valence-electron chi connectivity index (χ2n) is 3.57. The molecule has 2 unspecified atom stereocenters. The summed E-state index contributed by atoms with van der Waals surface area (Å²) in [6, 6.07) is 3.60. The van der Waals surface area contributed by atoms with Crippen LogP contribution in [0.3, 0.4) is 0 Å². The summed E-state index contributed by atoms with van der Waals surface area (Å²) in [7, 11) is 0. The van der Waals surface area contributed by atoms with Crippen molar-refractivity contribution in [2.75, 3.05) is 6.61 Å². The molecule has 2 atom stereocenters. The zero-order valence-corrected chi connectivity index (χ0v) is 10.3. The van der Waals surface area contributed by atoms with Crippen molar-refractivity contribution in [2.45, 2.75) is 30.9 Å². The summed E-state index contributed by atoms with van der Waals surface area (Å²) < 4.78 is 5.10. The van der Waals surface area contributed by atoms with Crippen LogP contribution < -0.4 is 5.32 Å². The smallest absolute Gasteiger partial charge is 0.233 e. The maximum atomic E-state index is 11.6. The van der Waals surface area contributed by atoms with Crippen molar-refractivity contribution in [3.05, 3.63) is 24.2 Å². The lowest BCUT2D eigenvalue weighted by molar-refractivity contribution is -0.120. The van der Waals surface area contributed by atoms with Gasteiger partial charge in [-0.15, -0.1) is 11.8 Å². The fourth-order valence-electron chi connectivity index (χ4n) is 1.18. The van der Waals surface area contributed by atoms with E-state index in [0.29, 0.717) is 6.54 Å². The second kappa shape index (κ2) is 6.60. The summed E-state index contributed by atoms with van der Waals surface area (Å²) in [6.45, 7) is 4.21. The van der Waals surface area contributed by atoms with Crippen LogP contribution in [0.5, 0.6) is 0 Å². The Morgan fingerprint density at radius 1 is 1.62 bits per heavy atom. The minimum Gasteiger partial charge on any atom is -0.467 e. The van der Waals surface area contributed by atoms with Crippen LogP contribution in [0.15, 0.2) is 22.8 Å². The summed E-state index contributed by atoms with van der Waals surface area (Å²) >= 11 is 1.45. The molecule has 1 aromatic rings. The van der Waals surface area contributed by atoms with Crippen molar-refractivity contribution in [1.82, 2.24) is 5.32 Å². The van der Waals surface area contributed by atoms with E-state index < -0.39 is 0 Å². The van der Waals surface area contributed by atoms with E-state index in [1.165, 1.54) is 11.8 Å². The highest BCUT2D eigenvalue weighted by Crippen LogP contribution is 2.17. The van der Waals surface area contributed by atoms with Crippen LogP contribution in [0.25, 0.3) is 0 Å². The molecule has 0 aliphatic carbocycles. The zero-order chi connectivity index (χ0) is 12.0. The number of rotatable bonds is 6. The molecule has 0 fully saturated rings. The third-order valence-corrected chi connectivity index (χ3v) is 3.32. The Bertz CT molecular complexity index is 313. The van der Waals surface area contributed by atoms with Gasteiger partial charge >= 0.3 is 0 Å². The molecule has 1 aromatic heterocycles. The molecule has 0 saturated heterocycles. The number of nitrogens with one attached hydrogen (secondary N) is 1. The van der Waals surface area contributed by atoms with Crippen molar-refractivity contribution in [3.8, 4) is 0 Å². The molecule has 0 aliphatic rings. The summed E-state index contributed by atoms with van der Waals surface area (Å²) in [5.41, 5.74) is 0. The average Bonchev–Trinajstić information content (AvgIpc) is 2.78. The van der Waals surface area contributed by atoms with Crippen LogP contribution in [0.4, 0.5) is 0 Å². The van der Waals surface area contributed by atoms with Gasteiger partial charge < -0.3 is 14.8 Å². The number of aliphatic hydroxyl groups excluding tert-OH is 1. The molecule has 5 heteroatoms. The second-order valence-corrected chi connectivity index (χ2v) is 5.35. The van der Waals surface area contributed by atoms with Crippen molar-refractivity contribution < 1.29 is 14.3 Å². The Balaban J connectivity index is 2.29. The van der Waals surface area contributed by atoms with E-state index in [0.717, 1.165) is 5.76 Å². The topological polar surface area (TPSA) is 62.5 Å². The summed E-state index contributed by atoms with van der Waals surface area (Å²) in [4.78, 5) is 11.6. The maximum Gasteiger partial charge on any atom is 0.233 e. The van der Waals surface area contributed by atoms with Crippen molar-refractivity contribution >= 4 is 17.7 Å². The van der Waals surface area contributed by atoms with Gasteiger partial charge in [-0.25, -0.2) is 0 Å². The van der Waals surface area contributed by atoms with Gasteiger partial charge in [-0.3, -0.25) is 4.79 Å². The molecule has 0 spiro atoms. The van der Waals surface area contributed by atoms with Crippen molar-refractivity contribution in [1.29, 1.82) is 0 Å². The van der Waals surface area contributed by atoms with E-state index in [1.807, 2.05) is 19.9 Å². The van der Waals surface area contributed by atoms with Gasteiger partial charge in [0, 0.05) is 5.25 Å². The van der Waals surface area contributed by atoms with Gasteiger partial charge in [0.25, 0.3) is 0 Å². The van der Waals surface area contributed by atoms with E-state index in [9.17, 15) is 4.79 Å². The molecule has 0 bridgehead atoms. The molecule has 1 rings (SSSR count). The van der Waals surface area contributed by atoms with E-state index in [2.05, 4.69) is 5.32 Å². The Morgan fingerprint density at radius 2 is 2.38 bits per heavy atom. The molecular weight excluding hydrogens is 226 g/mol. The first-order chi connectivity index (χ1) is 7.63. The number of carbonyl (C=O) groups is 1. The number of thioether (sulfide) groups is 1. The molecule has 0 aliphatic heterocycles. The summed E-state index contributed by atoms with van der Waals surface area (Å²) in [5.74, 6) is 0.697.